The van der Waals surface area contributed by atoms with Crippen LogP contribution in [0, 0.1) is 0 Å². The van der Waals surface area contributed by atoms with Crippen molar-refractivity contribution in [3.63, 3.8) is 0 Å². The molecule has 0 aliphatic rings. The zero-order chi connectivity index (χ0) is 11.0. The van der Waals surface area contributed by atoms with Crippen molar-refractivity contribution in [2.75, 3.05) is 19.0 Å². The summed E-state index contributed by atoms with van der Waals surface area (Å²) < 4.78 is 1.73. The molecule has 15 heavy (non-hydrogen) atoms. The zero-order valence-corrected chi connectivity index (χ0v) is 9.06. The van der Waals surface area contributed by atoms with Gasteiger partial charge in [-0.15, -0.1) is 5.10 Å². The Balaban J connectivity index is 2.80. The van der Waals surface area contributed by atoms with Crippen molar-refractivity contribution in [2.45, 2.75) is 6.92 Å². The van der Waals surface area contributed by atoms with E-state index in [1.807, 2.05) is 43.4 Å². The fraction of sp³-hybridized carbons (Fsp3) is 0.273. The van der Waals surface area contributed by atoms with Gasteiger partial charge in [0.05, 0.1) is 11.1 Å². The molecule has 0 spiro atoms. The molecule has 2 aromatic heterocycles. The highest BCUT2D eigenvalue weighted by Crippen LogP contribution is 2.22. The number of hydrogen-bond acceptors (Lipinski definition) is 3. The van der Waals surface area contributed by atoms with Crippen molar-refractivity contribution in [1.82, 2.24) is 9.61 Å². The van der Waals surface area contributed by atoms with E-state index in [-0.39, 0.29) is 5.78 Å². The highest BCUT2D eigenvalue weighted by atomic mass is 16.1. The number of aromatic nitrogens is 2. The van der Waals surface area contributed by atoms with E-state index in [9.17, 15) is 4.79 Å². The lowest BCUT2D eigenvalue weighted by atomic mass is 10.2. The summed E-state index contributed by atoms with van der Waals surface area (Å²) in [6.45, 7) is 1.57. The van der Waals surface area contributed by atoms with Crippen molar-refractivity contribution < 1.29 is 4.79 Å². The largest absolute Gasteiger partial charge is 0.361 e. The maximum atomic E-state index is 11.6. The van der Waals surface area contributed by atoms with Gasteiger partial charge in [-0.2, -0.15) is 0 Å². The molecule has 4 nitrogen and oxygen atoms in total. The summed E-state index contributed by atoms with van der Waals surface area (Å²) in [5, 5.41) is 4.36. The third kappa shape index (κ3) is 1.48. The number of anilines is 1. The number of carbonyl (C=O) groups excluding carboxylic acids is 1. The second kappa shape index (κ2) is 3.38. The third-order valence-electron chi connectivity index (χ3n) is 2.30. The number of Topliss-reactive ketones (excluding diaryl/α,β-unsaturated/α-hetero) is 1. The Morgan fingerprint density at radius 1 is 1.40 bits per heavy atom. The highest BCUT2D eigenvalue weighted by molar-refractivity contribution is 6.05. The minimum Gasteiger partial charge on any atom is -0.361 e. The van der Waals surface area contributed by atoms with Crippen LogP contribution in [0.4, 0.5) is 5.82 Å². The fourth-order valence-corrected chi connectivity index (χ4v) is 1.64. The molecule has 0 radical (unpaired) electrons. The molecular formula is C11H13N3O. The Morgan fingerprint density at radius 2 is 2.13 bits per heavy atom. The first-order valence-corrected chi connectivity index (χ1v) is 4.77. The van der Waals surface area contributed by atoms with Crippen LogP contribution in [0.25, 0.3) is 5.52 Å². The first kappa shape index (κ1) is 9.71. The lowest BCUT2D eigenvalue weighted by Gasteiger charge is -2.08. The van der Waals surface area contributed by atoms with E-state index in [2.05, 4.69) is 5.10 Å². The van der Waals surface area contributed by atoms with Crippen LogP contribution in [0.1, 0.15) is 17.3 Å². The topological polar surface area (TPSA) is 37.6 Å². The quantitative estimate of drug-likeness (QED) is 0.696. The van der Waals surface area contributed by atoms with Gasteiger partial charge in [0.1, 0.15) is 0 Å². The molecule has 0 aromatic carbocycles. The monoisotopic (exact) mass is 203 g/mol. The molecule has 0 atom stereocenters. The van der Waals surface area contributed by atoms with Crippen LogP contribution in [0.3, 0.4) is 0 Å². The molecule has 0 saturated carbocycles. The van der Waals surface area contributed by atoms with Crippen molar-refractivity contribution >= 4 is 17.1 Å². The molecule has 0 unspecified atom stereocenters. The van der Waals surface area contributed by atoms with Gasteiger partial charge in [0.2, 0.25) is 0 Å². The lowest BCUT2D eigenvalue weighted by Crippen LogP contribution is -2.12. The van der Waals surface area contributed by atoms with Gasteiger partial charge in [0.15, 0.2) is 11.6 Å². The SMILES string of the molecule is CC(=O)c1c(N(C)C)nn2ccccc12. The first-order valence-electron chi connectivity index (χ1n) is 4.77. The van der Waals surface area contributed by atoms with E-state index in [0.717, 1.165) is 5.52 Å². The molecular weight excluding hydrogens is 190 g/mol. The Labute approximate surface area is 88.1 Å². The van der Waals surface area contributed by atoms with Crippen LogP contribution in [0.5, 0.6) is 0 Å². The summed E-state index contributed by atoms with van der Waals surface area (Å²) in [5.74, 6) is 0.758. The van der Waals surface area contributed by atoms with E-state index in [1.54, 1.807) is 11.4 Å². The van der Waals surface area contributed by atoms with Gasteiger partial charge in [-0.3, -0.25) is 4.79 Å². The van der Waals surface area contributed by atoms with Crippen LogP contribution in [0.2, 0.25) is 0 Å². The normalized spacial score (nSPS) is 10.6. The maximum Gasteiger partial charge on any atom is 0.165 e. The minimum absolute atomic E-state index is 0.0416. The molecule has 0 bridgehead atoms. The molecule has 78 valence electrons. The minimum atomic E-state index is 0.0416. The van der Waals surface area contributed by atoms with Crippen molar-refractivity contribution in [1.29, 1.82) is 0 Å². The van der Waals surface area contributed by atoms with Crippen LogP contribution in [-0.2, 0) is 0 Å². The summed E-state index contributed by atoms with van der Waals surface area (Å²) in [7, 11) is 3.77. The number of ketones is 1. The van der Waals surface area contributed by atoms with Crippen LogP contribution in [0.15, 0.2) is 24.4 Å². The van der Waals surface area contributed by atoms with Gasteiger partial charge in [-0.25, -0.2) is 4.52 Å². The molecule has 2 rings (SSSR count). The zero-order valence-electron chi connectivity index (χ0n) is 9.06. The van der Waals surface area contributed by atoms with Gasteiger partial charge >= 0.3 is 0 Å². The number of nitrogens with zero attached hydrogens (tertiary/aromatic N) is 3. The first-order chi connectivity index (χ1) is 7.11. The highest BCUT2D eigenvalue weighted by Gasteiger charge is 2.17. The molecule has 2 aromatic rings. The van der Waals surface area contributed by atoms with Gasteiger partial charge in [0.25, 0.3) is 0 Å². The summed E-state index contributed by atoms with van der Waals surface area (Å²) in [5.41, 5.74) is 1.54. The molecule has 2 heterocycles. The van der Waals surface area contributed by atoms with Crippen molar-refractivity contribution in [3.05, 3.63) is 30.0 Å². The summed E-state index contributed by atoms with van der Waals surface area (Å²) in [6, 6.07) is 5.70. The summed E-state index contributed by atoms with van der Waals surface area (Å²) in [6.07, 6.45) is 1.84. The van der Waals surface area contributed by atoms with Crippen LogP contribution in [-0.4, -0.2) is 29.5 Å². The maximum absolute atomic E-state index is 11.6. The molecule has 0 aliphatic heterocycles. The third-order valence-corrected chi connectivity index (χ3v) is 2.30. The van der Waals surface area contributed by atoms with Crippen LogP contribution >= 0.6 is 0 Å². The molecule has 0 amide bonds. The van der Waals surface area contributed by atoms with Crippen LogP contribution < -0.4 is 4.90 Å². The van der Waals surface area contributed by atoms with Gasteiger partial charge in [-0.1, -0.05) is 6.07 Å². The Morgan fingerprint density at radius 3 is 2.73 bits per heavy atom. The molecule has 0 fully saturated rings. The van der Waals surface area contributed by atoms with E-state index in [0.29, 0.717) is 11.4 Å². The lowest BCUT2D eigenvalue weighted by molar-refractivity contribution is 0.101. The standard InChI is InChI=1S/C11H13N3O/c1-8(15)10-9-6-4-5-7-14(9)12-11(10)13(2)3/h4-7H,1-3H3. The summed E-state index contributed by atoms with van der Waals surface area (Å²) >= 11 is 0. The van der Waals surface area contributed by atoms with E-state index in [4.69, 9.17) is 0 Å². The second-order valence-electron chi connectivity index (χ2n) is 3.68. The predicted octanol–water partition coefficient (Wildman–Crippen LogP) is 1.60. The van der Waals surface area contributed by atoms with Crippen molar-refractivity contribution in [2.24, 2.45) is 0 Å². The van der Waals surface area contributed by atoms with Crippen molar-refractivity contribution in [3.8, 4) is 0 Å². The van der Waals surface area contributed by atoms with Gasteiger partial charge < -0.3 is 4.90 Å². The van der Waals surface area contributed by atoms with Gasteiger partial charge in [0, 0.05) is 20.3 Å². The number of carbonyl (C=O) groups is 1. The average Bonchev–Trinajstić information content (AvgIpc) is 2.56. The molecule has 0 saturated heterocycles. The van der Waals surface area contributed by atoms with E-state index < -0.39 is 0 Å². The second-order valence-corrected chi connectivity index (χ2v) is 3.68. The molecule has 0 aliphatic carbocycles. The fourth-order valence-electron chi connectivity index (χ4n) is 1.64. The smallest absolute Gasteiger partial charge is 0.165 e. The van der Waals surface area contributed by atoms with E-state index >= 15 is 0 Å². The predicted molar refractivity (Wildman–Crippen MR) is 59.5 cm³/mol. The molecule has 0 N–H and O–H groups in total. The number of rotatable bonds is 2. The number of pyridine rings is 1. The van der Waals surface area contributed by atoms with E-state index in [1.165, 1.54) is 0 Å². The number of hydrogen-bond donors (Lipinski definition) is 0. The Hall–Kier alpha value is -1.84. The Bertz CT molecular complexity index is 514. The average molecular weight is 203 g/mol. The summed E-state index contributed by atoms with van der Waals surface area (Å²) in [4.78, 5) is 13.4. The Kier molecular flexibility index (Phi) is 2.19. The molecule has 4 heteroatoms. The number of fused-ring (bicyclic) bond motifs is 1. The van der Waals surface area contributed by atoms with Gasteiger partial charge in [-0.05, 0) is 19.1 Å².